The van der Waals surface area contributed by atoms with Crippen LogP contribution in [0.25, 0.3) is 0 Å². The predicted octanol–water partition coefficient (Wildman–Crippen LogP) is 4.23. The first-order valence-corrected chi connectivity index (χ1v) is 9.21. The van der Waals surface area contributed by atoms with Crippen LogP contribution in [0.4, 0.5) is 0 Å². The molecular formula is C15H16BrN3S2. The molecule has 0 aliphatic carbocycles. The number of imidazole rings is 1. The smallest absolute Gasteiger partial charge is 0.131 e. The highest BCUT2D eigenvalue weighted by molar-refractivity contribution is 9.11. The van der Waals surface area contributed by atoms with Crippen molar-refractivity contribution in [3.63, 3.8) is 0 Å². The molecule has 3 rings (SSSR count). The molecule has 0 bridgehead atoms. The van der Waals surface area contributed by atoms with E-state index in [9.17, 15) is 0 Å². The van der Waals surface area contributed by atoms with Gasteiger partial charge in [-0.25, -0.2) is 4.98 Å². The lowest BCUT2D eigenvalue weighted by Crippen LogP contribution is -2.26. The van der Waals surface area contributed by atoms with Gasteiger partial charge in [-0.1, -0.05) is 6.07 Å². The summed E-state index contributed by atoms with van der Waals surface area (Å²) in [6.07, 6.45) is 4.88. The summed E-state index contributed by atoms with van der Waals surface area (Å²) in [5.74, 6) is 1.06. The summed E-state index contributed by atoms with van der Waals surface area (Å²) in [7, 11) is 2.04. The molecule has 3 aromatic rings. The second-order valence-corrected chi connectivity index (χ2v) is 8.28. The molecule has 0 fully saturated rings. The third-order valence-electron chi connectivity index (χ3n) is 3.29. The second kappa shape index (κ2) is 6.87. The van der Waals surface area contributed by atoms with Crippen LogP contribution in [0.15, 0.2) is 45.8 Å². The van der Waals surface area contributed by atoms with Gasteiger partial charge >= 0.3 is 0 Å². The SMILES string of the molecule is Cn1ccnc1C(NCCc1ccc(Br)s1)c1cccs1. The normalized spacial score (nSPS) is 12.7. The molecule has 21 heavy (non-hydrogen) atoms. The fourth-order valence-electron chi connectivity index (χ4n) is 2.26. The fourth-order valence-corrected chi connectivity index (χ4v) is 4.53. The lowest BCUT2D eigenvalue weighted by molar-refractivity contribution is 0.569. The first-order valence-electron chi connectivity index (χ1n) is 6.72. The van der Waals surface area contributed by atoms with Crippen LogP contribution in [-0.2, 0) is 13.5 Å². The average molecular weight is 382 g/mol. The third kappa shape index (κ3) is 3.63. The van der Waals surface area contributed by atoms with Crippen molar-refractivity contribution >= 4 is 38.6 Å². The Labute approximate surface area is 140 Å². The van der Waals surface area contributed by atoms with Crippen LogP contribution < -0.4 is 5.32 Å². The van der Waals surface area contributed by atoms with Crippen molar-refractivity contribution in [1.29, 1.82) is 0 Å². The summed E-state index contributed by atoms with van der Waals surface area (Å²) in [5.41, 5.74) is 0. The molecule has 0 aliphatic heterocycles. The van der Waals surface area contributed by atoms with Gasteiger partial charge < -0.3 is 9.88 Å². The zero-order chi connectivity index (χ0) is 14.7. The Morgan fingerprint density at radius 1 is 1.38 bits per heavy atom. The van der Waals surface area contributed by atoms with E-state index in [2.05, 4.69) is 60.4 Å². The molecule has 0 saturated carbocycles. The van der Waals surface area contributed by atoms with Gasteiger partial charge in [0.1, 0.15) is 11.9 Å². The highest BCUT2D eigenvalue weighted by Crippen LogP contribution is 2.25. The molecule has 1 N–H and O–H groups in total. The van der Waals surface area contributed by atoms with E-state index in [-0.39, 0.29) is 6.04 Å². The largest absolute Gasteiger partial charge is 0.336 e. The van der Waals surface area contributed by atoms with Crippen molar-refractivity contribution in [2.24, 2.45) is 7.05 Å². The minimum Gasteiger partial charge on any atom is -0.336 e. The van der Waals surface area contributed by atoms with Crippen molar-refractivity contribution in [2.75, 3.05) is 6.54 Å². The van der Waals surface area contributed by atoms with Crippen LogP contribution in [-0.4, -0.2) is 16.1 Å². The van der Waals surface area contributed by atoms with Crippen LogP contribution >= 0.6 is 38.6 Å². The molecule has 0 radical (unpaired) electrons. The highest BCUT2D eigenvalue weighted by Gasteiger charge is 2.18. The van der Waals surface area contributed by atoms with Crippen molar-refractivity contribution in [3.8, 4) is 0 Å². The van der Waals surface area contributed by atoms with Gasteiger partial charge in [0, 0.05) is 35.7 Å². The van der Waals surface area contributed by atoms with Gasteiger partial charge in [0.25, 0.3) is 0 Å². The molecule has 3 heterocycles. The lowest BCUT2D eigenvalue weighted by atomic mass is 10.2. The van der Waals surface area contributed by atoms with E-state index in [1.54, 1.807) is 22.7 Å². The first-order chi connectivity index (χ1) is 10.2. The van der Waals surface area contributed by atoms with Crippen LogP contribution in [0.3, 0.4) is 0 Å². The molecule has 0 spiro atoms. The van der Waals surface area contributed by atoms with E-state index >= 15 is 0 Å². The van der Waals surface area contributed by atoms with Gasteiger partial charge in [0.2, 0.25) is 0 Å². The molecule has 0 saturated heterocycles. The monoisotopic (exact) mass is 381 g/mol. The minimum atomic E-state index is 0.161. The zero-order valence-electron chi connectivity index (χ0n) is 11.6. The van der Waals surface area contributed by atoms with Gasteiger partial charge in [0.05, 0.1) is 3.79 Å². The maximum absolute atomic E-state index is 4.50. The summed E-state index contributed by atoms with van der Waals surface area (Å²) >= 11 is 7.08. The number of aromatic nitrogens is 2. The van der Waals surface area contributed by atoms with E-state index in [1.807, 2.05) is 19.4 Å². The van der Waals surface area contributed by atoms with Gasteiger partial charge in [-0.2, -0.15) is 0 Å². The topological polar surface area (TPSA) is 29.9 Å². The van der Waals surface area contributed by atoms with Crippen LogP contribution in [0, 0.1) is 0 Å². The number of hydrogen-bond acceptors (Lipinski definition) is 4. The predicted molar refractivity (Wildman–Crippen MR) is 93.1 cm³/mol. The molecule has 6 heteroatoms. The summed E-state index contributed by atoms with van der Waals surface area (Å²) in [6, 6.07) is 8.70. The molecule has 1 unspecified atom stereocenters. The number of hydrogen-bond donors (Lipinski definition) is 1. The van der Waals surface area contributed by atoms with E-state index < -0.39 is 0 Å². The van der Waals surface area contributed by atoms with Crippen LogP contribution in [0.5, 0.6) is 0 Å². The van der Waals surface area contributed by atoms with Gasteiger partial charge in [-0.15, -0.1) is 22.7 Å². The van der Waals surface area contributed by atoms with Crippen molar-refractivity contribution < 1.29 is 0 Å². The summed E-state index contributed by atoms with van der Waals surface area (Å²) in [6.45, 7) is 0.933. The Morgan fingerprint density at radius 3 is 2.90 bits per heavy atom. The quantitative estimate of drug-likeness (QED) is 0.692. The minimum absolute atomic E-state index is 0.161. The number of thiophene rings is 2. The summed E-state index contributed by atoms with van der Waals surface area (Å²) < 4.78 is 3.27. The molecule has 0 amide bonds. The molecule has 110 valence electrons. The molecule has 0 aliphatic rings. The fraction of sp³-hybridized carbons (Fsp3) is 0.267. The number of nitrogens with zero attached hydrogens (tertiary/aromatic N) is 2. The van der Waals surface area contributed by atoms with Gasteiger partial charge in [0.15, 0.2) is 0 Å². The van der Waals surface area contributed by atoms with Gasteiger partial charge in [-0.3, -0.25) is 0 Å². The average Bonchev–Trinajstić information content (AvgIpc) is 3.18. The Balaban J connectivity index is 1.70. The Kier molecular flexibility index (Phi) is 4.90. The molecule has 1 atom stereocenters. The van der Waals surface area contributed by atoms with E-state index in [0.29, 0.717) is 0 Å². The van der Waals surface area contributed by atoms with Crippen molar-refractivity contribution in [1.82, 2.24) is 14.9 Å². The standard InChI is InChI=1S/C15H16BrN3S2/c1-19-9-8-18-15(19)14(12-3-2-10-20-12)17-7-6-11-4-5-13(16)21-11/h2-5,8-10,14,17H,6-7H2,1H3. The summed E-state index contributed by atoms with van der Waals surface area (Å²) in [4.78, 5) is 7.19. The van der Waals surface area contributed by atoms with Crippen LogP contribution in [0.2, 0.25) is 0 Å². The maximum atomic E-state index is 4.50. The number of rotatable bonds is 6. The number of aryl methyl sites for hydroxylation is 1. The lowest BCUT2D eigenvalue weighted by Gasteiger charge is -2.17. The first kappa shape index (κ1) is 15.0. The Morgan fingerprint density at radius 2 is 2.29 bits per heavy atom. The molecule has 3 nitrogen and oxygen atoms in total. The maximum Gasteiger partial charge on any atom is 0.131 e. The zero-order valence-corrected chi connectivity index (χ0v) is 14.8. The van der Waals surface area contributed by atoms with Gasteiger partial charge in [-0.05, 0) is 45.9 Å². The molecule has 3 aromatic heterocycles. The number of nitrogens with one attached hydrogen (secondary N) is 1. The highest BCUT2D eigenvalue weighted by atomic mass is 79.9. The summed E-state index contributed by atoms with van der Waals surface area (Å²) in [5, 5.41) is 5.76. The number of halogens is 1. The Bertz CT molecular complexity index is 687. The van der Waals surface area contributed by atoms with E-state index in [1.165, 1.54) is 13.5 Å². The molecule has 0 aromatic carbocycles. The Hall–Kier alpha value is -0.950. The molecular weight excluding hydrogens is 366 g/mol. The second-order valence-electron chi connectivity index (χ2n) is 4.75. The van der Waals surface area contributed by atoms with E-state index in [4.69, 9.17) is 0 Å². The van der Waals surface area contributed by atoms with Crippen molar-refractivity contribution in [2.45, 2.75) is 12.5 Å². The van der Waals surface area contributed by atoms with Crippen molar-refractivity contribution in [3.05, 3.63) is 61.4 Å². The van der Waals surface area contributed by atoms with E-state index in [0.717, 1.165) is 18.8 Å². The van der Waals surface area contributed by atoms with Crippen LogP contribution in [0.1, 0.15) is 21.6 Å². The third-order valence-corrected chi connectivity index (χ3v) is 5.91.